The Labute approximate surface area is 149 Å². The monoisotopic (exact) mass is 345 g/mol. The number of nitrogens with zero attached hydrogens (tertiary/aromatic N) is 1. The highest BCUT2D eigenvalue weighted by Crippen LogP contribution is 2.58. The summed E-state index contributed by atoms with van der Waals surface area (Å²) in [6.07, 6.45) is 4.43. The minimum atomic E-state index is -0.505. The molecule has 136 valence electrons. The third-order valence-electron chi connectivity index (χ3n) is 5.25. The van der Waals surface area contributed by atoms with Crippen molar-refractivity contribution in [1.82, 2.24) is 4.90 Å². The number of benzene rings is 1. The van der Waals surface area contributed by atoms with Crippen LogP contribution >= 0.6 is 0 Å². The summed E-state index contributed by atoms with van der Waals surface area (Å²) in [5.41, 5.74) is 1.24. The fraction of sp³-hybridized carbons (Fsp3) is 0.600. The van der Waals surface area contributed by atoms with Gasteiger partial charge in [-0.15, -0.1) is 0 Å². The van der Waals surface area contributed by atoms with Gasteiger partial charge in [-0.2, -0.15) is 0 Å². The number of likely N-dealkylation sites (tertiary alicyclic amines) is 1. The summed E-state index contributed by atoms with van der Waals surface area (Å²) < 4.78 is 10.3. The van der Waals surface area contributed by atoms with Crippen molar-refractivity contribution in [3.05, 3.63) is 35.4 Å². The van der Waals surface area contributed by atoms with E-state index in [4.69, 9.17) is 9.47 Å². The van der Waals surface area contributed by atoms with Gasteiger partial charge in [-0.1, -0.05) is 25.0 Å². The summed E-state index contributed by atoms with van der Waals surface area (Å²) in [5.74, 6) is -0.347. The Morgan fingerprint density at radius 2 is 1.72 bits per heavy atom. The molecule has 0 N–H and O–H groups in total. The zero-order valence-corrected chi connectivity index (χ0v) is 15.5. The molecule has 1 aromatic rings. The van der Waals surface area contributed by atoms with Crippen LogP contribution in [0.4, 0.5) is 4.79 Å². The molecule has 1 spiro atoms. The molecule has 3 rings (SSSR count). The van der Waals surface area contributed by atoms with E-state index in [1.165, 1.54) is 20.0 Å². The summed E-state index contributed by atoms with van der Waals surface area (Å²) in [7, 11) is 1.37. The van der Waals surface area contributed by atoms with Gasteiger partial charge in [0.15, 0.2) is 0 Å². The molecule has 2 fully saturated rings. The van der Waals surface area contributed by atoms with Gasteiger partial charge in [0, 0.05) is 12.0 Å². The number of carbonyl (C=O) groups is 2. The minimum absolute atomic E-state index is 0.0246. The van der Waals surface area contributed by atoms with Crippen LogP contribution in [0.25, 0.3) is 0 Å². The van der Waals surface area contributed by atoms with Gasteiger partial charge < -0.3 is 9.47 Å². The van der Waals surface area contributed by atoms with Crippen molar-refractivity contribution in [2.24, 2.45) is 5.41 Å². The Bertz CT molecular complexity index is 653. The highest BCUT2D eigenvalue weighted by atomic mass is 16.6. The maximum Gasteiger partial charge on any atom is 0.410 e. The molecule has 1 aromatic carbocycles. The van der Waals surface area contributed by atoms with E-state index < -0.39 is 5.60 Å². The third-order valence-corrected chi connectivity index (χ3v) is 5.25. The molecule has 5 nitrogen and oxygen atoms in total. The summed E-state index contributed by atoms with van der Waals surface area (Å²) in [6, 6.07) is 7.45. The molecule has 1 atom stereocenters. The van der Waals surface area contributed by atoms with E-state index in [2.05, 4.69) is 0 Å². The average molecular weight is 345 g/mol. The summed E-state index contributed by atoms with van der Waals surface area (Å²) in [4.78, 5) is 26.1. The van der Waals surface area contributed by atoms with Gasteiger partial charge in [0.25, 0.3) is 0 Å². The number of esters is 1. The predicted octanol–water partition coefficient (Wildman–Crippen LogP) is 4.33. The van der Waals surface area contributed by atoms with E-state index >= 15 is 0 Å². The SMILES string of the molecule is COC(=O)c1ccc(C2N(C(=O)OC(C)(C)C)CC23CCCC3)cc1. The van der Waals surface area contributed by atoms with Crippen molar-refractivity contribution in [2.45, 2.75) is 58.1 Å². The molecular weight excluding hydrogens is 318 g/mol. The lowest BCUT2D eigenvalue weighted by Gasteiger charge is -2.56. The van der Waals surface area contributed by atoms with Crippen LogP contribution in [-0.4, -0.2) is 36.2 Å². The summed E-state index contributed by atoms with van der Waals surface area (Å²) in [5, 5.41) is 0. The number of methoxy groups -OCH3 is 1. The van der Waals surface area contributed by atoms with E-state index in [1.807, 2.05) is 37.8 Å². The molecule has 1 saturated heterocycles. The first-order valence-electron chi connectivity index (χ1n) is 8.94. The van der Waals surface area contributed by atoms with Gasteiger partial charge in [-0.05, 0) is 51.3 Å². The summed E-state index contributed by atoms with van der Waals surface area (Å²) in [6.45, 7) is 6.41. The van der Waals surface area contributed by atoms with Gasteiger partial charge in [-0.25, -0.2) is 9.59 Å². The van der Waals surface area contributed by atoms with E-state index in [1.54, 1.807) is 12.1 Å². The minimum Gasteiger partial charge on any atom is -0.465 e. The Morgan fingerprint density at radius 1 is 1.12 bits per heavy atom. The Hall–Kier alpha value is -2.04. The normalized spacial score (nSPS) is 21.8. The quantitative estimate of drug-likeness (QED) is 0.749. The van der Waals surface area contributed by atoms with Gasteiger partial charge in [0.2, 0.25) is 0 Å². The van der Waals surface area contributed by atoms with Crippen molar-refractivity contribution < 1.29 is 19.1 Å². The van der Waals surface area contributed by atoms with Gasteiger partial charge in [-0.3, -0.25) is 4.90 Å². The lowest BCUT2D eigenvalue weighted by Crippen LogP contribution is -2.60. The van der Waals surface area contributed by atoms with Crippen LogP contribution in [0.5, 0.6) is 0 Å². The fourth-order valence-electron chi connectivity index (χ4n) is 4.19. The first kappa shape index (κ1) is 17.8. The number of carbonyl (C=O) groups excluding carboxylic acids is 2. The maximum absolute atomic E-state index is 12.6. The summed E-state index contributed by atoms with van der Waals surface area (Å²) >= 11 is 0. The lowest BCUT2D eigenvalue weighted by molar-refractivity contribution is -0.0804. The molecular formula is C20H27NO4. The topological polar surface area (TPSA) is 55.8 Å². The highest BCUT2D eigenvalue weighted by molar-refractivity contribution is 5.89. The number of hydrogen-bond donors (Lipinski definition) is 0. The van der Waals surface area contributed by atoms with Crippen LogP contribution in [0.2, 0.25) is 0 Å². The van der Waals surface area contributed by atoms with E-state index in [9.17, 15) is 9.59 Å². The Balaban J connectivity index is 1.85. The van der Waals surface area contributed by atoms with Crippen LogP contribution in [0.15, 0.2) is 24.3 Å². The molecule has 2 aliphatic rings. The van der Waals surface area contributed by atoms with E-state index in [-0.39, 0.29) is 23.5 Å². The standard InChI is InChI=1S/C20H27NO4/c1-19(2,3)25-18(23)21-13-20(11-5-6-12-20)16(21)14-7-9-15(10-8-14)17(22)24-4/h7-10,16H,5-6,11-13H2,1-4H3. The predicted molar refractivity (Wildman–Crippen MR) is 94.4 cm³/mol. The Kier molecular flexibility index (Phi) is 4.52. The molecule has 0 bridgehead atoms. The van der Waals surface area contributed by atoms with Crippen molar-refractivity contribution in [3.63, 3.8) is 0 Å². The van der Waals surface area contributed by atoms with E-state index in [0.29, 0.717) is 5.56 Å². The highest BCUT2D eigenvalue weighted by Gasteiger charge is 2.56. The van der Waals surface area contributed by atoms with Gasteiger partial charge >= 0.3 is 12.1 Å². The molecule has 1 saturated carbocycles. The first-order valence-corrected chi connectivity index (χ1v) is 8.94. The van der Waals surface area contributed by atoms with Crippen LogP contribution in [-0.2, 0) is 9.47 Å². The molecule has 5 heteroatoms. The van der Waals surface area contributed by atoms with Crippen molar-refractivity contribution >= 4 is 12.1 Å². The molecule has 1 aliphatic heterocycles. The average Bonchev–Trinajstić information content (AvgIpc) is 3.02. The van der Waals surface area contributed by atoms with Gasteiger partial charge in [0.05, 0.1) is 18.7 Å². The molecule has 0 radical (unpaired) electrons. The number of ether oxygens (including phenoxy) is 2. The fourth-order valence-corrected chi connectivity index (χ4v) is 4.19. The van der Waals surface area contributed by atoms with Gasteiger partial charge in [0.1, 0.15) is 5.60 Å². The molecule has 0 aromatic heterocycles. The van der Waals surface area contributed by atoms with E-state index in [0.717, 1.165) is 24.9 Å². The first-order chi connectivity index (χ1) is 11.8. The number of hydrogen-bond acceptors (Lipinski definition) is 4. The second kappa shape index (κ2) is 6.36. The maximum atomic E-state index is 12.6. The molecule has 1 amide bonds. The molecule has 1 unspecified atom stereocenters. The number of rotatable bonds is 2. The zero-order valence-electron chi connectivity index (χ0n) is 15.5. The van der Waals surface area contributed by atoms with Crippen LogP contribution in [0.3, 0.4) is 0 Å². The second-order valence-corrected chi connectivity index (χ2v) is 8.19. The smallest absolute Gasteiger partial charge is 0.410 e. The van der Waals surface area contributed by atoms with Crippen molar-refractivity contribution in [2.75, 3.05) is 13.7 Å². The van der Waals surface area contributed by atoms with Crippen LogP contribution < -0.4 is 0 Å². The van der Waals surface area contributed by atoms with Crippen LogP contribution in [0.1, 0.15) is 68.4 Å². The molecule has 1 heterocycles. The lowest BCUT2D eigenvalue weighted by atomic mass is 9.67. The molecule has 25 heavy (non-hydrogen) atoms. The number of amides is 1. The van der Waals surface area contributed by atoms with Crippen molar-refractivity contribution in [3.8, 4) is 0 Å². The molecule has 1 aliphatic carbocycles. The Morgan fingerprint density at radius 3 is 2.24 bits per heavy atom. The second-order valence-electron chi connectivity index (χ2n) is 8.19. The largest absolute Gasteiger partial charge is 0.465 e. The zero-order chi connectivity index (χ0) is 18.2. The third kappa shape index (κ3) is 3.37. The van der Waals surface area contributed by atoms with Crippen molar-refractivity contribution in [1.29, 1.82) is 0 Å². The van der Waals surface area contributed by atoms with Crippen LogP contribution in [0, 0.1) is 5.41 Å².